The molecule has 0 unspecified atom stereocenters. The van der Waals surface area contributed by atoms with Gasteiger partial charge in [-0.15, -0.1) is 0 Å². The average Bonchev–Trinajstić information content (AvgIpc) is 3.69. The largest absolute Gasteiger partial charge is 0.0884 e. The van der Waals surface area contributed by atoms with Crippen molar-refractivity contribution < 1.29 is 0 Å². The second-order valence-electron chi connectivity index (χ2n) is 7.94. The first-order valence-corrected chi connectivity index (χ1v) is 20.1. The van der Waals surface area contributed by atoms with Gasteiger partial charge in [0.15, 0.2) is 0 Å². The summed E-state index contributed by atoms with van der Waals surface area (Å²) < 4.78 is 7.24. The van der Waals surface area contributed by atoms with Crippen molar-refractivity contribution in [3.05, 3.63) is 104 Å². The lowest BCUT2D eigenvalue weighted by molar-refractivity contribution is 1.23. The fourth-order valence-electron chi connectivity index (χ4n) is 3.57. The molecule has 0 fully saturated rings. The number of hydrogen-bond donors (Lipinski definition) is 0. The van der Waals surface area contributed by atoms with Crippen molar-refractivity contribution in [1.29, 1.82) is 0 Å². The molecule has 5 heterocycles. The zero-order valence-corrected chi connectivity index (χ0v) is 27.4. The molecule has 0 aromatic heterocycles. The van der Waals surface area contributed by atoms with Gasteiger partial charge in [-0.3, -0.25) is 0 Å². The number of allylic oxidation sites excluding steroid dienone is 3. The normalized spacial score (nSPS) is 24.2. The van der Waals surface area contributed by atoms with Gasteiger partial charge >= 0.3 is 0 Å². The van der Waals surface area contributed by atoms with Crippen molar-refractivity contribution in [3.8, 4) is 0 Å². The van der Waals surface area contributed by atoms with Crippen LogP contribution in [-0.2, 0) is 0 Å². The van der Waals surface area contributed by atoms with Crippen molar-refractivity contribution in [2.24, 2.45) is 0 Å². The summed E-state index contributed by atoms with van der Waals surface area (Å²) in [7, 11) is 3.95. The molecule has 0 spiro atoms. The molecule has 0 nitrogen and oxygen atoms in total. The van der Waals surface area contributed by atoms with E-state index >= 15 is 0 Å². The van der Waals surface area contributed by atoms with E-state index < -0.39 is 0 Å². The van der Waals surface area contributed by atoms with Crippen LogP contribution >= 0.6 is 116 Å². The minimum Gasteiger partial charge on any atom is -0.0884 e. The van der Waals surface area contributed by atoms with Crippen molar-refractivity contribution in [2.45, 2.75) is 20.3 Å². The Kier molecular flexibility index (Phi) is 9.27. The van der Waals surface area contributed by atoms with Crippen LogP contribution in [0.1, 0.15) is 28.7 Å². The lowest BCUT2D eigenvalue weighted by Crippen LogP contribution is -1.88. The summed E-state index contributed by atoms with van der Waals surface area (Å²) in [6.45, 7) is 4.43. The van der Waals surface area contributed by atoms with Crippen molar-refractivity contribution in [2.75, 3.05) is 5.75 Å². The predicted molar refractivity (Wildman–Crippen MR) is 186 cm³/mol. The van der Waals surface area contributed by atoms with Crippen molar-refractivity contribution in [1.82, 2.24) is 0 Å². The van der Waals surface area contributed by atoms with Crippen LogP contribution in [0.3, 0.4) is 0 Å². The molecule has 0 N–H and O–H groups in total. The highest BCUT2D eigenvalue weighted by Gasteiger charge is 2.28. The fourth-order valence-corrected chi connectivity index (χ4v) is 16.4. The van der Waals surface area contributed by atoms with Gasteiger partial charge in [-0.25, -0.2) is 0 Å². The number of aryl methyl sites for hydroxylation is 2. The Morgan fingerprint density at radius 3 is 1.83 bits per heavy atom. The number of hydrogen-bond acceptors (Lipinski definition) is 10. The summed E-state index contributed by atoms with van der Waals surface area (Å²) in [5.74, 6) is 1.24. The van der Waals surface area contributed by atoms with E-state index in [0.29, 0.717) is 0 Å². The average molecular weight is 653 g/mol. The highest BCUT2D eigenvalue weighted by Crippen LogP contribution is 2.64. The Bertz CT molecular complexity index is 1320. The first-order chi connectivity index (χ1) is 17.6. The first kappa shape index (κ1) is 26.8. The Balaban J connectivity index is 1.09. The molecule has 1 aromatic rings. The highest BCUT2D eigenvalue weighted by atomic mass is 33.1. The summed E-state index contributed by atoms with van der Waals surface area (Å²) in [6.07, 6.45) is 10.3. The molecule has 6 rings (SSSR count). The molecule has 184 valence electrons. The summed E-state index contributed by atoms with van der Waals surface area (Å²) in [5, 5.41) is 8.90. The molecule has 5 aliphatic heterocycles. The van der Waals surface area contributed by atoms with Crippen LogP contribution in [0.2, 0.25) is 0 Å². The smallest absolute Gasteiger partial charge is 0.0708 e. The Hall–Kier alpha value is 0.640. The van der Waals surface area contributed by atoms with Gasteiger partial charge < -0.3 is 0 Å². The van der Waals surface area contributed by atoms with E-state index in [4.69, 9.17) is 0 Å². The molecule has 10 heteroatoms. The van der Waals surface area contributed by atoms with E-state index in [0.717, 1.165) is 0 Å². The molecule has 0 saturated heterocycles. The Morgan fingerprint density at radius 1 is 0.611 bits per heavy atom. The lowest BCUT2D eigenvalue weighted by atomic mass is 9.99. The van der Waals surface area contributed by atoms with E-state index in [1.54, 1.807) is 4.91 Å². The van der Waals surface area contributed by atoms with E-state index in [9.17, 15) is 0 Å². The highest BCUT2D eigenvalue weighted by molar-refractivity contribution is 8.80. The fraction of sp³-hybridized carbons (Fsp3) is 0.154. The molecule has 36 heavy (non-hydrogen) atoms. The minimum atomic E-state index is 1.23. The molecule has 0 aliphatic carbocycles. The van der Waals surface area contributed by atoms with Gasteiger partial charge in [-0.05, 0) is 87.1 Å². The van der Waals surface area contributed by atoms with Gasteiger partial charge in [0, 0.05) is 20.5 Å². The monoisotopic (exact) mass is 652 g/mol. The van der Waals surface area contributed by atoms with Crippen molar-refractivity contribution in [3.63, 3.8) is 0 Å². The van der Waals surface area contributed by atoms with Crippen LogP contribution in [0, 0.1) is 13.8 Å². The molecule has 0 saturated carbocycles. The van der Waals surface area contributed by atoms with Gasteiger partial charge in [0.05, 0.1) is 21.2 Å². The zero-order valence-electron chi connectivity index (χ0n) is 19.3. The van der Waals surface area contributed by atoms with E-state index in [2.05, 4.69) is 71.9 Å². The number of rotatable bonds is 4. The van der Waals surface area contributed by atoms with E-state index in [1.165, 1.54) is 65.4 Å². The molecular formula is C26H20S10. The van der Waals surface area contributed by atoms with Crippen LogP contribution in [-0.4, -0.2) is 5.75 Å². The number of benzene rings is 1. The topological polar surface area (TPSA) is 0 Å². The molecule has 0 atom stereocenters. The SMILES string of the molecule is Cc1cc(/C=C/C2=CS/C(=C3/SC4=C(SSCC4)S3)S2)c(C)cc1/C=C/C1=CSC(=C2SC=CS2)S1. The molecule has 0 amide bonds. The van der Waals surface area contributed by atoms with Crippen LogP contribution in [0.4, 0.5) is 0 Å². The van der Waals surface area contributed by atoms with Gasteiger partial charge in [-0.1, -0.05) is 129 Å². The van der Waals surface area contributed by atoms with Crippen LogP contribution in [0.5, 0.6) is 0 Å². The maximum Gasteiger partial charge on any atom is 0.0708 e. The molecule has 1 aromatic carbocycles. The maximum absolute atomic E-state index is 2.32. The predicted octanol–water partition coefficient (Wildman–Crippen LogP) is 12.6. The summed E-state index contributed by atoms with van der Waals surface area (Å²) in [5.41, 5.74) is 5.22. The summed E-state index contributed by atoms with van der Waals surface area (Å²) in [6, 6.07) is 4.64. The number of thioether (sulfide) groups is 8. The third kappa shape index (κ3) is 6.34. The van der Waals surface area contributed by atoms with Crippen LogP contribution < -0.4 is 0 Å². The van der Waals surface area contributed by atoms with Crippen LogP contribution in [0.25, 0.3) is 12.2 Å². The molecule has 0 radical (unpaired) electrons. The standard InChI is InChI=1S/C26H20S10/c1-15-12-18(4-6-20-14-30-25(33-20)26-34-21-7-8-31-36-22(21)35-26)16(2)11-17(15)3-5-19-13-29-24(32-19)23-27-9-10-28-23/h3-6,9-14H,7-8H2,1-2H3/b5-3+,6-4+,26-25+. The third-order valence-corrected chi connectivity index (χ3v) is 19.0. The second kappa shape index (κ2) is 12.4. The quantitative estimate of drug-likeness (QED) is 0.287. The Labute approximate surface area is 255 Å². The van der Waals surface area contributed by atoms with E-state index in [1.807, 2.05) is 116 Å². The second-order valence-corrected chi connectivity index (χ2v) is 19.5. The first-order valence-electron chi connectivity index (χ1n) is 11.0. The van der Waals surface area contributed by atoms with Crippen LogP contribution in [0.15, 0.2) is 81.8 Å². The van der Waals surface area contributed by atoms with Gasteiger partial charge in [0.2, 0.25) is 0 Å². The molecular weight excluding hydrogens is 633 g/mol. The minimum absolute atomic E-state index is 1.23. The zero-order chi connectivity index (χ0) is 24.5. The Morgan fingerprint density at radius 2 is 1.22 bits per heavy atom. The van der Waals surface area contributed by atoms with Gasteiger partial charge in [0.1, 0.15) is 0 Å². The molecule has 0 bridgehead atoms. The third-order valence-electron chi connectivity index (χ3n) is 5.41. The van der Waals surface area contributed by atoms with Gasteiger partial charge in [-0.2, -0.15) is 0 Å². The van der Waals surface area contributed by atoms with Crippen molar-refractivity contribution >= 4 is 128 Å². The maximum atomic E-state index is 2.32. The summed E-state index contributed by atoms with van der Waals surface area (Å²) in [4.78, 5) is 4.23. The van der Waals surface area contributed by atoms with Gasteiger partial charge in [0.25, 0.3) is 0 Å². The summed E-state index contributed by atoms with van der Waals surface area (Å²) >= 11 is 15.2. The molecule has 5 aliphatic rings. The van der Waals surface area contributed by atoms with E-state index in [-0.39, 0.29) is 0 Å². The lowest BCUT2D eigenvalue weighted by Gasteiger charge is -2.08.